The van der Waals surface area contributed by atoms with Crippen LogP contribution >= 0.6 is 0 Å². The zero-order valence-corrected chi connectivity index (χ0v) is 19.2. The highest BCUT2D eigenvalue weighted by Crippen LogP contribution is 2.32. The van der Waals surface area contributed by atoms with Crippen molar-refractivity contribution in [1.82, 2.24) is 0 Å². The summed E-state index contributed by atoms with van der Waals surface area (Å²) < 4.78 is 16.0. The van der Waals surface area contributed by atoms with E-state index in [2.05, 4.69) is 6.92 Å². The normalized spacial score (nSPS) is 21.1. The van der Waals surface area contributed by atoms with Gasteiger partial charge in [-0.3, -0.25) is 9.59 Å². The van der Waals surface area contributed by atoms with Gasteiger partial charge in [-0.05, 0) is 25.7 Å². The Bertz CT molecular complexity index is 619. The van der Waals surface area contributed by atoms with Crippen molar-refractivity contribution in [1.29, 1.82) is 0 Å². The Morgan fingerprint density at radius 1 is 0.800 bits per heavy atom. The summed E-state index contributed by atoms with van der Waals surface area (Å²) in [5.74, 6) is -0.237. The largest absolute Gasteiger partial charge is 0.493 e. The van der Waals surface area contributed by atoms with Gasteiger partial charge in [0.2, 0.25) is 11.6 Å². The van der Waals surface area contributed by atoms with E-state index in [4.69, 9.17) is 14.2 Å². The van der Waals surface area contributed by atoms with Crippen LogP contribution in [0.2, 0.25) is 0 Å². The van der Waals surface area contributed by atoms with Gasteiger partial charge in [-0.25, -0.2) is 0 Å². The number of hydrogen-bond acceptors (Lipinski definition) is 5. The Balaban J connectivity index is 1.51. The molecule has 0 aromatic heterocycles. The second-order valence-corrected chi connectivity index (χ2v) is 8.49. The van der Waals surface area contributed by atoms with Crippen molar-refractivity contribution in [3.63, 3.8) is 0 Å². The third kappa shape index (κ3) is 7.90. The van der Waals surface area contributed by atoms with E-state index in [0.29, 0.717) is 24.2 Å². The first kappa shape index (κ1) is 24.6. The van der Waals surface area contributed by atoms with Crippen LogP contribution in [0.25, 0.3) is 0 Å². The van der Waals surface area contributed by atoms with Crippen molar-refractivity contribution >= 4 is 11.6 Å². The predicted octanol–water partition coefficient (Wildman–Crippen LogP) is 5.82. The SMILES string of the molecule is CCCCCCCCC1OC1CCCCCCCC1=C(OC)C(=O)C=C(OC)C1=O. The van der Waals surface area contributed by atoms with E-state index in [-0.39, 0.29) is 23.1 Å². The van der Waals surface area contributed by atoms with E-state index in [0.717, 1.165) is 19.3 Å². The fraction of sp³-hybridized carbons (Fsp3) is 0.760. The molecule has 1 saturated heterocycles. The first-order valence-electron chi connectivity index (χ1n) is 11.9. The topological polar surface area (TPSA) is 65.1 Å². The first-order chi connectivity index (χ1) is 14.6. The van der Waals surface area contributed by atoms with Gasteiger partial charge >= 0.3 is 0 Å². The van der Waals surface area contributed by atoms with Crippen molar-refractivity contribution in [3.05, 3.63) is 23.2 Å². The number of carbonyl (C=O) groups excluding carboxylic acids is 2. The smallest absolute Gasteiger partial charge is 0.227 e. The Kier molecular flexibility index (Phi) is 11.2. The van der Waals surface area contributed by atoms with Gasteiger partial charge in [0.15, 0.2) is 11.5 Å². The summed E-state index contributed by atoms with van der Waals surface area (Å²) in [6, 6.07) is 0. The molecule has 2 unspecified atom stereocenters. The van der Waals surface area contributed by atoms with Crippen molar-refractivity contribution in [2.24, 2.45) is 0 Å². The Labute approximate surface area is 182 Å². The van der Waals surface area contributed by atoms with Crippen molar-refractivity contribution in [2.45, 2.75) is 109 Å². The molecule has 0 radical (unpaired) electrons. The monoisotopic (exact) mass is 420 g/mol. The standard InChI is InChI=1S/C25H40O5/c1-4-5-6-7-10-13-16-21-22(30-21)17-14-11-8-9-12-15-19-24(27)23(28-2)18-20(26)25(19)29-3/h18,21-22H,4-17H2,1-3H3. The Hall–Kier alpha value is -1.62. The number of Topliss-reactive ketones (excluding diaryl/α,β-unsaturated/α-hetero) is 1. The van der Waals surface area contributed by atoms with Gasteiger partial charge in [0.25, 0.3) is 0 Å². The minimum Gasteiger partial charge on any atom is -0.493 e. The predicted molar refractivity (Wildman–Crippen MR) is 118 cm³/mol. The molecule has 5 nitrogen and oxygen atoms in total. The number of carbonyl (C=O) groups is 2. The third-order valence-corrected chi connectivity index (χ3v) is 6.13. The van der Waals surface area contributed by atoms with Gasteiger partial charge in [-0.1, -0.05) is 71.1 Å². The fourth-order valence-electron chi connectivity index (χ4n) is 4.24. The molecule has 2 atom stereocenters. The molecule has 0 saturated carbocycles. The minimum absolute atomic E-state index is 0.107. The maximum atomic E-state index is 12.4. The van der Waals surface area contributed by atoms with Gasteiger partial charge in [-0.2, -0.15) is 0 Å². The van der Waals surface area contributed by atoms with Gasteiger partial charge in [0, 0.05) is 11.6 Å². The lowest BCUT2D eigenvalue weighted by atomic mass is 9.94. The highest BCUT2D eigenvalue weighted by atomic mass is 16.6. The second-order valence-electron chi connectivity index (χ2n) is 8.49. The molecule has 1 heterocycles. The van der Waals surface area contributed by atoms with Crippen LogP contribution in [0.15, 0.2) is 23.2 Å². The number of ether oxygens (including phenoxy) is 3. The molecule has 1 aliphatic heterocycles. The molecule has 2 aliphatic rings. The molecule has 0 bridgehead atoms. The molecule has 1 aliphatic carbocycles. The maximum absolute atomic E-state index is 12.4. The van der Waals surface area contributed by atoms with Crippen molar-refractivity contribution in [2.75, 3.05) is 14.2 Å². The molecular formula is C25H40O5. The van der Waals surface area contributed by atoms with Crippen LogP contribution < -0.4 is 0 Å². The molecule has 0 aromatic rings. The average Bonchev–Trinajstić information content (AvgIpc) is 3.50. The van der Waals surface area contributed by atoms with Crippen molar-refractivity contribution in [3.8, 4) is 0 Å². The molecule has 1 fully saturated rings. The summed E-state index contributed by atoms with van der Waals surface area (Å²) in [7, 11) is 2.85. The van der Waals surface area contributed by atoms with Gasteiger partial charge < -0.3 is 14.2 Å². The fourth-order valence-corrected chi connectivity index (χ4v) is 4.24. The van der Waals surface area contributed by atoms with Gasteiger partial charge in [-0.15, -0.1) is 0 Å². The summed E-state index contributed by atoms with van der Waals surface area (Å²) >= 11 is 0. The Morgan fingerprint density at radius 2 is 1.37 bits per heavy atom. The molecule has 0 amide bonds. The number of unbranched alkanes of at least 4 members (excludes halogenated alkanes) is 9. The van der Waals surface area contributed by atoms with Gasteiger partial charge in [0.05, 0.1) is 26.4 Å². The lowest BCUT2D eigenvalue weighted by molar-refractivity contribution is -0.120. The lowest BCUT2D eigenvalue weighted by Gasteiger charge is -2.17. The van der Waals surface area contributed by atoms with Crippen LogP contribution in [0, 0.1) is 0 Å². The zero-order valence-electron chi connectivity index (χ0n) is 19.2. The minimum atomic E-state index is -0.288. The Morgan fingerprint density at radius 3 is 1.93 bits per heavy atom. The van der Waals surface area contributed by atoms with E-state index >= 15 is 0 Å². The third-order valence-electron chi connectivity index (χ3n) is 6.13. The summed E-state index contributed by atoms with van der Waals surface area (Å²) in [4.78, 5) is 24.4. The molecule has 0 spiro atoms. The van der Waals surface area contributed by atoms with E-state index in [1.54, 1.807) is 0 Å². The van der Waals surface area contributed by atoms with E-state index in [9.17, 15) is 9.59 Å². The lowest BCUT2D eigenvalue weighted by Crippen LogP contribution is -2.21. The maximum Gasteiger partial charge on any atom is 0.227 e. The zero-order chi connectivity index (χ0) is 21.8. The molecule has 30 heavy (non-hydrogen) atoms. The quantitative estimate of drug-likeness (QED) is 0.169. The number of allylic oxidation sites excluding steroid dienone is 2. The second kappa shape index (κ2) is 13.6. The summed E-state index contributed by atoms with van der Waals surface area (Å²) in [6.07, 6.45) is 18.7. The number of epoxide rings is 1. The van der Waals surface area contributed by atoms with Gasteiger partial charge in [0.1, 0.15) is 0 Å². The molecule has 0 N–H and O–H groups in total. The molecule has 170 valence electrons. The van der Waals surface area contributed by atoms with Crippen LogP contribution in [0.1, 0.15) is 96.8 Å². The molecular weight excluding hydrogens is 380 g/mol. The van der Waals surface area contributed by atoms with Crippen LogP contribution in [-0.2, 0) is 23.8 Å². The molecule has 5 heteroatoms. The number of hydrogen-bond donors (Lipinski definition) is 0. The van der Waals surface area contributed by atoms with Crippen LogP contribution in [0.4, 0.5) is 0 Å². The van der Waals surface area contributed by atoms with Crippen LogP contribution in [0.5, 0.6) is 0 Å². The van der Waals surface area contributed by atoms with E-state index in [1.165, 1.54) is 84.5 Å². The van der Waals surface area contributed by atoms with E-state index in [1.807, 2.05) is 0 Å². The van der Waals surface area contributed by atoms with Crippen molar-refractivity contribution < 1.29 is 23.8 Å². The molecule has 2 rings (SSSR count). The average molecular weight is 421 g/mol. The number of ketones is 2. The van der Waals surface area contributed by atoms with Crippen LogP contribution in [0.3, 0.4) is 0 Å². The highest BCUT2D eigenvalue weighted by Gasteiger charge is 2.36. The summed E-state index contributed by atoms with van der Waals surface area (Å²) in [6.45, 7) is 2.26. The van der Waals surface area contributed by atoms with E-state index < -0.39 is 0 Å². The number of rotatable bonds is 17. The summed E-state index contributed by atoms with van der Waals surface area (Å²) in [5.41, 5.74) is 0.450. The van der Waals surface area contributed by atoms with Crippen LogP contribution in [-0.4, -0.2) is 38.0 Å². The molecule has 0 aromatic carbocycles. The number of methoxy groups -OCH3 is 2. The summed E-state index contributed by atoms with van der Waals surface area (Å²) in [5, 5.41) is 0. The first-order valence-corrected chi connectivity index (χ1v) is 11.9. The highest BCUT2D eigenvalue weighted by molar-refractivity contribution is 6.21.